The predicted octanol–water partition coefficient (Wildman–Crippen LogP) is 2.89. The fraction of sp³-hybridized carbons (Fsp3) is 0.789. The van der Waals surface area contributed by atoms with Crippen LogP contribution in [0.1, 0.15) is 68.4 Å². The number of aromatic nitrogens is 2. The van der Waals surface area contributed by atoms with E-state index in [1.54, 1.807) is 0 Å². The molecule has 1 aliphatic heterocycles. The van der Waals surface area contributed by atoms with Crippen LogP contribution in [0.2, 0.25) is 0 Å². The first-order valence-electron chi connectivity index (χ1n) is 10.7. The molecule has 2 aliphatic carbocycles. The van der Waals surface area contributed by atoms with Crippen molar-refractivity contribution in [2.75, 3.05) is 0 Å². The predicted molar refractivity (Wildman–Crippen MR) is 108 cm³/mol. The summed E-state index contributed by atoms with van der Waals surface area (Å²) in [7, 11) is 0. The second kappa shape index (κ2) is 8.67. The van der Waals surface area contributed by atoms with Gasteiger partial charge in [0.2, 0.25) is 0 Å². The molecule has 1 aromatic rings. The minimum absolute atomic E-state index is 0.0107. The minimum Gasteiger partial charge on any atom is -0.504 e. The summed E-state index contributed by atoms with van der Waals surface area (Å²) in [5.41, 5.74) is 6.17. The molecule has 0 spiro atoms. The molecule has 0 amide bonds. The van der Waals surface area contributed by atoms with Gasteiger partial charge in [-0.1, -0.05) is 5.16 Å². The standard InChI is InChI=1S/C19H28ClF3N6O2/c20-11-4-1-9(2-5-11)14-16(30)15(29(27-14)8-19(21,22)23)18-25-12-6-3-10(17(24)28-31)7-13(12)26-18/h9-13,18,25-26,30-31H,1-8H2,(H2,24,28). The van der Waals surface area contributed by atoms with Gasteiger partial charge in [-0.2, -0.15) is 18.3 Å². The highest BCUT2D eigenvalue weighted by atomic mass is 35.5. The Morgan fingerprint density at radius 2 is 1.84 bits per heavy atom. The summed E-state index contributed by atoms with van der Waals surface area (Å²) >= 11 is 6.16. The highest BCUT2D eigenvalue weighted by molar-refractivity contribution is 6.20. The lowest BCUT2D eigenvalue weighted by Crippen LogP contribution is -2.43. The molecule has 4 rings (SSSR count). The molecule has 3 aliphatic rings. The molecular formula is C19H28ClF3N6O2. The maximum atomic E-state index is 13.3. The van der Waals surface area contributed by atoms with Gasteiger partial charge < -0.3 is 16.0 Å². The summed E-state index contributed by atoms with van der Waals surface area (Å²) < 4.78 is 40.7. The van der Waals surface area contributed by atoms with E-state index in [2.05, 4.69) is 20.9 Å². The summed E-state index contributed by atoms with van der Waals surface area (Å²) in [4.78, 5) is 0. The zero-order chi connectivity index (χ0) is 22.3. The van der Waals surface area contributed by atoms with E-state index in [0.717, 1.165) is 23.9 Å². The van der Waals surface area contributed by atoms with Crippen LogP contribution in [0.4, 0.5) is 13.2 Å². The van der Waals surface area contributed by atoms with Crippen LogP contribution in [-0.4, -0.2) is 49.6 Å². The molecule has 3 fully saturated rings. The van der Waals surface area contributed by atoms with Crippen LogP contribution in [-0.2, 0) is 6.54 Å². The number of nitrogens with one attached hydrogen (secondary N) is 2. The van der Waals surface area contributed by atoms with Crippen LogP contribution in [0, 0.1) is 5.92 Å². The van der Waals surface area contributed by atoms with Gasteiger partial charge in [-0.05, 0) is 44.9 Å². The van der Waals surface area contributed by atoms with Crippen LogP contribution >= 0.6 is 11.6 Å². The third kappa shape index (κ3) is 4.73. The molecule has 1 aromatic heterocycles. The van der Waals surface area contributed by atoms with Crippen molar-refractivity contribution in [3.8, 4) is 5.75 Å². The van der Waals surface area contributed by atoms with Crippen molar-refractivity contribution in [3.63, 3.8) is 0 Å². The van der Waals surface area contributed by atoms with Gasteiger partial charge in [-0.25, -0.2) is 0 Å². The van der Waals surface area contributed by atoms with E-state index in [9.17, 15) is 18.3 Å². The van der Waals surface area contributed by atoms with E-state index in [4.69, 9.17) is 22.5 Å². The van der Waals surface area contributed by atoms with Gasteiger partial charge in [0.05, 0.1) is 0 Å². The van der Waals surface area contributed by atoms with Crippen LogP contribution < -0.4 is 16.4 Å². The number of rotatable bonds is 4. The highest BCUT2D eigenvalue weighted by Crippen LogP contribution is 2.42. The molecule has 4 atom stereocenters. The van der Waals surface area contributed by atoms with Gasteiger partial charge in [0.15, 0.2) is 5.75 Å². The third-order valence-electron chi connectivity index (χ3n) is 6.78. The summed E-state index contributed by atoms with van der Waals surface area (Å²) in [6.07, 6.45) is -0.279. The number of halogens is 4. The molecule has 2 saturated carbocycles. The summed E-state index contributed by atoms with van der Waals surface area (Å²) in [5, 5.41) is 33.9. The largest absolute Gasteiger partial charge is 0.504 e. The van der Waals surface area contributed by atoms with E-state index in [1.165, 1.54) is 0 Å². The first kappa shape index (κ1) is 22.5. The average Bonchev–Trinajstić information content (AvgIpc) is 3.26. The van der Waals surface area contributed by atoms with Gasteiger partial charge in [-0.15, -0.1) is 11.6 Å². The molecule has 0 radical (unpaired) electrons. The van der Waals surface area contributed by atoms with Gasteiger partial charge in [0.25, 0.3) is 0 Å². The van der Waals surface area contributed by atoms with Crippen LogP contribution in [0.3, 0.4) is 0 Å². The van der Waals surface area contributed by atoms with Gasteiger partial charge >= 0.3 is 6.18 Å². The van der Waals surface area contributed by atoms with Crippen molar-refractivity contribution >= 4 is 17.4 Å². The first-order chi connectivity index (χ1) is 14.7. The van der Waals surface area contributed by atoms with Gasteiger partial charge in [-0.3, -0.25) is 15.3 Å². The van der Waals surface area contributed by atoms with Gasteiger partial charge in [0.1, 0.15) is 29.9 Å². The Labute approximate surface area is 183 Å². The lowest BCUT2D eigenvalue weighted by molar-refractivity contribution is -0.143. The zero-order valence-electron chi connectivity index (χ0n) is 16.9. The average molecular weight is 465 g/mol. The Balaban J connectivity index is 1.59. The van der Waals surface area contributed by atoms with Crippen molar-refractivity contribution in [1.29, 1.82) is 0 Å². The third-order valence-corrected chi connectivity index (χ3v) is 7.22. The quantitative estimate of drug-likeness (QED) is 0.154. The fourth-order valence-electron chi connectivity index (χ4n) is 5.20. The van der Waals surface area contributed by atoms with Crippen molar-refractivity contribution in [1.82, 2.24) is 20.4 Å². The first-order valence-corrected chi connectivity index (χ1v) is 11.1. The van der Waals surface area contributed by atoms with Crippen LogP contribution in [0.5, 0.6) is 5.75 Å². The molecule has 4 unspecified atom stereocenters. The molecule has 8 nitrogen and oxygen atoms in total. The lowest BCUT2D eigenvalue weighted by atomic mass is 9.82. The number of oxime groups is 1. The van der Waals surface area contributed by atoms with E-state index in [1.807, 2.05) is 0 Å². The Bertz CT molecular complexity index is 824. The van der Waals surface area contributed by atoms with Crippen LogP contribution in [0.15, 0.2) is 5.16 Å². The maximum absolute atomic E-state index is 13.3. The zero-order valence-corrected chi connectivity index (χ0v) is 17.7. The molecule has 31 heavy (non-hydrogen) atoms. The molecule has 12 heteroatoms. The number of amidine groups is 1. The van der Waals surface area contributed by atoms with E-state index in [-0.39, 0.29) is 46.6 Å². The molecule has 1 saturated heterocycles. The van der Waals surface area contributed by atoms with Crippen molar-refractivity contribution in [3.05, 3.63) is 11.4 Å². The van der Waals surface area contributed by atoms with E-state index >= 15 is 0 Å². The van der Waals surface area contributed by atoms with Crippen molar-refractivity contribution in [2.24, 2.45) is 16.8 Å². The molecule has 2 heterocycles. The molecule has 6 N–H and O–H groups in total. The highest BCUT2D eigenvalue weighted by Gasteiger charge is 2.43. The Hall–Kier alpha value is -1.72. The smallest absolute Gasteiger partial charge is 0.408 e. The number of alkyl halides is 4. The summed E-state index contributed by atoms with van der Waals surface area (Å²) in [5.74, 6) is -0.240. The Kier molecular flexibility index (Phi) is 6.28. The van der Waals surface area contributed by atoms with Crippen molar-refractivity contribution in [2.45, 2.75) is 87.2 Å². The minimum atomic E-state index is -4.47. The van der Waals surface area contributed by atoms with Crippen molar-refractivity contribution < 1.29 is 23.5 Å². The molecule has 0 bridgehead atoms. The Morgan fingerprint density at radius 3 is 2.48 bits per heavy atom. The second-order valence-corrected chi connectivity index (χ2v) is 9.47. The Morgan fingerprint density at radius 1 is 1.16 bits per heavy atom. The normalized spacial score (nSPS) is 34.6. The monoisotopic (exact) mass is 464 g/mol. The molecule has 0 aromatic carbocycles. The van der Waals surface area contributed by atoms with E-state index in [0.29, 0.717) is 31.4 Å². The number of aromatic hydroxyl groups is 1. The fourth-order valence-corrected chi connectivity index (χ4v) is 5.45. The maximum Gasteiger partial charge on any atom is 0.408 e. The number of hydrogen-bond acceptors (Lipinski definition) is 6. The van der Waals surface area contributed by atoms with Gasteiger partial charge in [0, 0.05) is 29.3 Å². The second-order valence-electron chi connectivity index (χ2n) is 8.85. The summed E-state index contributed by atoms with van der Waals surface area (Å²) in [6.45, 7) is -1.28. The SMILES string of the molecule is N/C(=N\O)C1CCC2NC(c3c(O)c(C4CCC(Cl)CC4)nn3CC(F)(F)F)NC2C1. The molecule has 174 valence electrons. The number of hydrogen-bond donors (Lipinski definition) is 5. The number of nitrogens with zero attached hydrogens (tertiary/aromatic N) is 3. The molecular weight excluding hydrogens is 437 g/mol. The topological polar surface area (TPSA) is 121 Å². The number of fused-ring (bicyclic) bond motifs is 1. The summed E-state index contributed by atoms with van der Waals surface area (Å²) in [6, 6.07) is -0.0654. The lowest BCUT2D eigenvalue weighted by Gasteiger charge is -2.30. The van der Waals surface area contributed by atoms with E-state index < -0.39 is 18.9 Å². The van der Waals surface area contributed by atoms with Crippen LogP contribution in [0.25, 0.3) is 0 Å². The number of nitrogens with two attached hydrogens (primary N) is 1.